The summed E-state index contributed by atoms with van der Waals surface area (Å²) in [7, 11) is -0.667. The Morgan fingerprint density at radius 2 is 1.89 bits per heavy atom. The Labute approximate surface area is 167 Å². The van der Waals surface area contributed by atoms with Gasteiger partial charge >= 0.3 is 0 Å². The molecule has 2 aromatic heterocycles. The molecule has 1 unspecified atom stereocenters. The van der Waals surface area contributed by atoms with Crippen molar-refractivity contribution in [3.05, 3.63) is 65.2 Å². The summed E-state index contributed by atoms with van der Waals surface area (Å²) in [6.07, 6.45) is -0.994. The first kappa shape index (κ1) is 20.3. The minimum atomic E-state index is -3.55. The van der Waals surface area contributed by atoms with Crippen LogP contribution in [0.5, 0.6) is 0 Å². The predicted molar refractivity (Wildman–Crippen MR) is 107 cm³/mol. The van der Waals surface area contributed by atoms with Crippen molar-refractivity contribution in [2.75, 3.05) is 20.6 Å². The lowest BCUT2D eigenvalue weighted by Crippen LogP contribution is -2.28. The number of rotatable bonds is 7. The molecule has 0 aliphatic rings. The molecule has 0 saturated carbocycles. The number of carbonyl (C=O) groups is 1. The summed E-state index contributed by atoms with van der Waals surface area (Å²) in [5, 5.41) is 14.8. The van der Waals surface area contributed by atoms with Crippen molar-refractivity contribution >= 4 is 27.3 Å². The van der Waals surface area contributed by atoms with Crippen LogP contribution in [0.4, 0.5) is 0 Å². The number of furan rings is 1. The Kier molecular flexibility index (Phi) is 5.99. The molecule has 1 atom stereocenters. The number of aliphatic hydroxyl groups is 1. The van der Waals surface area contributed by atoms with Gasteiger partial charge in [0, 0.05) is 19.7 Å². The van der Waals surface area contributed by atoms with E-state index in [0.29, 0.717) is 17.1 Å². The Bertz CT molecular complexity index is 1040. The normalized spacial score (nSPS) is 12.9. The molecule has 2 heterocycles. The standard InChI is InChI=1S/C19H20N2O5S2/c1-21(2)28(24,25)14-7-5-13(6-8-14)19(23)20-12-15(22)16-9-10-17(26-16)18-4-3-11-27-18/h3-11,15,22H,12H2,1-2H3,(H,20,23). The second kappa shape index (κ2) is 8.27. The van der Waals surface area contributed by atoms with Crippen molar-refractivity contribution < 1.29 is 22.7 Å². The molecule has 2 N–H and O–H groups in total. The zero-order chi connectivity index (χ0) is 20.3. The number of hydrogen-bond acceptors (Lipinski definition) is 6. The molecule has 7 nitrogen and oxygen atoms in total. The third-order valence-electron chi connectivity index (χ3n) is 4.07. The average molecular weight is 421 g/mol. The topological polar surface area (TPSA) is 99.9 Å². The Hall–Kier alpha value is -2.46. The van der Waals surface area contributed by atoms with Crippen LogP contribution in [0.25, 0.3) is 10.6 Å². The van der Waals surface area contributed by atoms with Gasteiger partial charge in [-0.2, -0.15) is 0 Å². The number of thiophene rings is 1. The van der Waals surface area contributed by atoms with E-state index in [-0.39, 0.29) is 11.4 Å². The first-order valence-electron chi connectivity index (χ1n) is 8.41. The fourth-order valence-corrected chi connectivity index (χ4v) is 4.05. The number of hydrogen-bond donors (Lipinski definition) is 2. The van der Waals surface area contributed by atoms with Gasteiger partial charge < -0.3 is 14.8 Å². The zero-order valence-corrected chi connectivity index (χ0v) is 17.0. The van der Waals surface area contributed by atoms with E-state index in [9.17, 15) is 18.3 Å². The molecule has 3 rings (SSSR count). The smallest absolute Gasteiger partial charge is 0.251 e. The van der Waals surface area contributed by atoms with Gasteiger partial charge in [0.2, 0.25) is 10.0 Å². The minimum Gasteiger partial charge on any atom is -0.457 e. The second-order valence-corrected chi connectivity index (χ2v) is 9.32. The summed E-state index contributed by atoms with van der Waals surface area (Å²) in [6, 6.07) is 12.9. The van der Waals surface area contributed by atoms with Gasteiger partial charge in [0.05, 0.1) is 16.3 Å². The van der Waals surface area contributed by atoms with Gasteiger partial charge in [0.15, 0.2) is 0 Å². The maximum Gasteiger partial charge on any atom is 0.251 e. The van der Waals surface area contributed by atoms with Crippen molar-refractivity contribution in [2.45, 2.75) is 11.0 Å². The molecule has 148 valence electrons. The van der Waals surface area contributed by atoms with E-state index >= 15 is 0 Å². The van der Waals surface area contributed by atoms with Crippen LogP contribution in [0, 0.1) is 0 Å². The van der Waals surface area contributed by atoms with Crippen LogP contribution in [-0.4, -0.2) is 44.4 Å². The first-order chi connectivity index (χ1) is 13.3. The lowest BCUT2D eigenvalue weighted by atomic mass is 10.2. The van der Waals surface area contributed by atoms with Crippen LogP contribution < -0.4 is 5.32 Å². The SMILES string of the molecule is CN(C)S(=O)(=O)c1ccc(C(=O)NCC(O)c2ccc(-c3cccs3)o2)cc1. The molecule has 0 radical (unpaired) electrons. The fourth-order valence-electron chi connectivity index (χ4n) is 2.46. The van der Waals surface area contributed by atoms with Crippen molar-refractivity contribution in [1.29, 1.82) is 0 Å². The zero-order valence-electron chi connectivity index (χ0n) is 15.3. The Morgan fingerprint density at radius 1 is 1.18 bits per heavy atom. The third kappa shape index (κ3) is 4.33. The first-order valence-corrected chi connectivity index (χ1v) is 10.7. The number of benzene rings is 1. The summed E-state index contributed by atoms with van der Waals surface area (Å²) < 4.78 is 30.9. The number of nitrogens with zero attached hydrogens (tertiary/aromatic N) is 1. The molecule has 0 fully saturated rings. The highest BCUT2D eigenvalue weighted by molar-refractivity contribution is 7.89. The Balaban J connectivity index is 1.61. The molecule has 0 saturated heterocycles. The van der Waals surface area contributed by atoms with Crippen LogP contribution in [0.1, 0.15) is 22.2 Å². The van der Waals surface area contributed by atoms with Crippen LogP contribution >= 0.6 is 11.3 Å². The van der Waals surface area contributed by atoms with Crippen LogP contribution in [-0.2, 0) is 10.0 Å². The number of carbonyl (C=O) groups excluding carboxylic acids is 1. The number of sulfonamides is 1. The molecule has 28 heavy (non-hydrogen) atoms. The molecule has 0 aliphatic carbocycles. The van der Waals surface area contributed by atoms with Crippen molar-refractivity contribution in [2.24, 2.45) is 0 Å². The van der Waals surface area contributed by atoms with Crippen molar-refractivity contribution in [1.82, 2.24) is 9.62 Å². The van der Waals surface area contributed by atoms with Gasteiger partial charge in [-0.05, 0) is 47.8 Å². The van der Waals surface area contributed by atoms with Gasteiger partial charge in [-0.15, -0.1) is 11.3 Å². The minimum absolute atomic E-state index is 0.0338. The van der Waals surface area contributed by atoms with E-state index < -0.39 is 22.0 Å². The highest BCUT2D eigenvalue weighted by Gasteiger charge is 2.18. The van der Waals surface area contributed by atoms with E-state index in [2.05, 4.69) is 5.32 Å². The molecule has 0 bridgehead atoms. The average Bonchev–Trinajstić information content (AvgIpc) is 3.37. The van der Waals surface area contributed by atoms with Gasteiger partial charge in [-0.1, -0.05) is 6.07 Å². The van der Waals surface area contributed by atoms with Gasteiger partial charge in [-0.3, -0.25) is 4.79 Å². The molecular formula is C19H20N2O5S2. The van der Waals surface area contributed by atoms with Gasteiger partial charge in [-0.25, -0.2) is 12.7 Å². The summed E-state index contributed by atoms with van der Waals surface area (Å²) in [5.41, 5.74) is 0.295. The quantitative estimate of drug-likeness (QED) is 0.612. The maximum absolute atomic E-state index is 12.3. The highest BCUT2D eigenvalue weighted by atomic mass is 32.2. The lowest BCUT2D eigenvalue weighted by molar-refractivity contribution is 0.0901. The van der Waals surface area contributed by atoms with Crippen LogP contribution in [0.2, 0.25) is 0 Å². The lowest BCUT2D eigenvalue weighted by Gasteiger charge is -2.12. The van der Waals surface area contributed by atoms with E-state index in [0.717, 1.165) is 9.18 Å². The van der Waals surface area contributed by atoms with E-state index in [1.807, 2.05) is 17.5 Å². The molecule has 0 aliphatic heterocycles. The van der Waals surface area contributed by atoms with E-state index in [4.69, 9.17) is 4.42 Å². The monoisotopic (exact) mass is 420 g/mol. The molecule has 9 heteroatoms. The molecule has 3 aromatic rings. The molecular weight excluding hydrogens is 400 g/mol. The number of nitrogens with one attached hydrogen (secondary N) is 1. The summed E-state index contributed by atoms with van der Waals surface area (Å²) in [5.74, 6) is 0.599. The van der Waals surface area contributed by atoms with E-state index in [1.165, 1.54) is 49.7 Å². The van der Waals surface area contributed by atoms with Gasteiger partial charge in [0.25, 0.3) is 5.91 Å². The summed E-state index contributed by atoms with van der Waals surface area (Å²) in [6.45, 7) is -0.0338. The summed E-state index contributed by atoms with van der Waals surface area (Å²) >= 11 is 1.53. The van der Waals surface area contributed by atoms with Crippen LogP contribution in [0.3, 0.4) is 0 Å². The number of aliphatic hydroxyl groups excluding tert-OH is 1. The largest absolute Gasteiger partial charge is 0.457 e. The van der Waals surface area contributed by atoms with Crippen LogP contribution in [0.15, 0.2) is 63.2 Å². The molecule has 1 aromatic carbocycles. The van der Waals surface area contributed by atoms with Crippen molar-refractivity contribution in [3.63, 3.8) is 0 Å². The number of amides is 1. The Morgan fingerprint density at radius 3 is 2.50 bits per heavy atom. The predicted octanol–water partition coefficient (Wildman–Crippen LogP) is 2.72. The third-order valence-corrected chi connectivity index (χ3v) is 6.78. The van der Waals surface area contributed by atoms with E-state index in [1.54, 1.807) is 12.1 Å². The fraction of sp³-hybridized carbons (Fsp3) is 0.211. The summed E-state index contributed by atoms with van der Waals surface area (Å²) in [4.78, 5) is 13.3. The molecule has 0 spiro atoms. The maximum atomic E-state index is 12.3. The molecule has 1 amide bonds. The highest BCUT2D eigenvalue weighted by Crippen LogP contribution is 2.28. The second-order valence-electron chi connectivity index (χ2n) is 6.22. The van der Waals surface area contributed by atoms with Crippen molar-refractivity contribution in [3.8, 4) is 10.6 Å². The van der Waals surface area contributed by atoms with Gasteiger partial charge in [0.1, 0.15) is 17.6 Å².